The number of hydrogen-bond donors (Lipinski definition) is 0. The summed E-state index contributed by atoms with van der Waals surface area (Å²) in [7, 11) is 0. The van der Waals surface area contributed by atoms with E-state index in [1.807, 2.05) is 0 Å². The van der Waals surface area contributed by atoms with Crippen LogP contribution in [0.4, 0.5) is 0 Å². The molecular weight excluding hydrogens is 300 g/mol. The molecule has 0 bridgehead atoms. The first-order chi connectivity index (χ1) is 12.3. The molecule has 0 rings (SSSR count). The molecule has 0 aliphatic heterocycles. The molecule has 0 heterocycles. The molecule has 0 heteroatoms. The van der Waals surface area contributed by atoms with Crippen molar-refractivity contribution < 1.29 is 0 Å². The van der Waals surface area contributed by atoms with E-state index in [9.17, 15) is 0 Å². The molecule has 0 saturated carbocycles. The maximum Gasteiger partial charge on any atom is -0.0202 e. The van der Waals surface area contributed by atoms with E-state index in [0.29, 0.717) is 5.92 Å². The van der Waals surface area contributed by atoms with Gasteiger partial charge in [0.05, 0.1) is 0 Å². The van der Waals surface area contributed by atoms with E-state index in [1.54, 1.807) is 0 Å². The third-order valence-electron chi connectivity index (χ3n) is 5.35. The highest BCUT2D eigenvalue weighted by atomic mass is 14.1. The molecule has 0 N–H and O–H groups in total. The van der Waals surface area contributed by atoms with Gasteiger partial charge in [-0.25, -0.2) is 0 Å². The van der Waals surface area contributed by atoms with Crippen molar-refractivity contribution >= 4 is 0 Å². The molecule has 0 aliphatic rings. The highest BCUT2D eigenvalue weighted by Gasteiger charge is 2.01. The van der Waals surface area contributed by atoms with Crippen LogP contribution in [-0.4, -0.2) is 0 Å². The molecule has 0 aromatic heterocycles. The van der Waals surface area contributed by atoms with Crippen LogP contribution in [0.5, 0.6) is 0 Å². The van der Waals surface area contributed by atoms with Crippen LogP contribution in [0.1, 0.15) is 129 Å². The second-order valence-corrected chi connectivity index (χ2v) is 7.85. The lowest BCUT2D eigenvalue weighted by molar-refractivity contribution is 0.507. The first-order valence-electron chi connectivity index (χ1n) is 11.6. The minimum atomic E-state index is 0.699. The monoisotopic (exact) mass is 348 g/mol. The largest absolute Gasteiger partial charge is 0.103 e. The van der Waals surface area contributed by atoms with Gasteiger partial charge in [0.2, 0.25) is 0 Å². The Morgan fingerprint density at radius 2 is 1.04 bits per heavy atom. The lowest BCUT2D eigenvalue weighted by atomic mass is 9.97. The summed E-state index contributed by atoms with van der Waals surface area (Å²) in [6.07, 6.45) is 32.1. The Balaban J connectivity index is 3.20. The van der Waals surface area contributed by atoms with Gasteiger partial charge in [0.15, 0.2) is 0 Å². The highest BCUT2D eigenvalue weighted by Crippen LogP contribution is 2.17. The maximum absolute atomic E-state index is 3.99. The molecule has 0 spiro atoms. The second-order valence-electron chi connectivity index (χ2n) is 7.85. The van der Waals surface area contributed by atoms with Gasteiger partial charge in [-0.15, -0.1) is 6.58 Å². The molecule has 1 unspecified atom stereocenters. The fourth-order valence-electron chi connectivity index (χ4n) is 3.55. The van der Waals surface area contributed by atoms with E-state index in [-0.39, 0.29) is 0 Å². The molecule has 0 aliphatic carbocycles. The number of unbranched alkanes of at least 4 members (excludes halogenated alkanes) is 14. The second kappa shape index (κ2) is 21.5. The predicted molar refractivity (Wildman–Crippen MR) is 117 cm³/mol. The quantitative estimate of drug-likeness (QED) is 0.152. The zero-order valence-corrected chi connectivity index (χ0v) is 17.7. The Labute approximate surface area is 160 Å². The van der Waals surface area contributed by atoms with Crippen molar-refractivity contribution in [3.8, 4) is 0 Å². The Morgan fingerprint density at radius 1 is 0.600 bits per heavy atom. The highest BCUT2D eigenvalue weighted by molar-refractivity contribution is 4.89. The summed E-state index contributed by atoms with van der Waals surface area (Å²) >= 11 is 0. The fourth-order valence-corrected chi connectivity index (χ4v) is 3.55. The first kappa shape index (κ1) is 24.5. The van der Waals surface area contributed by atoms with Gasteiger partial charge in [-0.05, 0) is 25.2 Å². The zero-order valence-electron chi connectivity index (χ0n) is 17.7. The minimum absolute atomic E-state index is 0.699. The summed E-state index contributed by atoms with van der Waals surface area (Å²) < 4.78 is 0. The van der Waals surface area contributed by atoms with Crippen LogP contribution < -0.4 is 0 Å². The molecule has 148 valence electrons. The van der Waals surface area contributed by atoms with E-state index in [0.717, 1.165) is 6.42 Å². The van der Waals surface area contributed by atoms with E-state index in [1.165, 1.54) is 109 Å². The standard InChI is InChI=1S/C25H48/c1-4-7-9-10-11-12-13-14-15-16-17-18-19-20-22-24-25(6-3)23-21-8-5-2/h6,8,21,25H,3-5,7,9-20,22-24H2,1-2H3. The summed E-state index contributed by atoms with van der Waals surface area (Å²) in [6.45, 7) is 8.49. The molecular formula is C25H48. The van der Waals surface area contributed by atoms with Crippen molar-refractivity contribution in [2.45, 2.75) is 129 Å². The average molecular weight is 349 g/mol. The smallest absolute Gasteiger partial charge is 0.0202 e. The average Bonchev–Trinajstić information content (AvgIpc) is 2.63. The maximum atomic E-state index is 3.99. The predicted octanol–water partition coefficient (Wildman–Crippen LogP) is 9.41. The van der Waals surface area contributed by atoms with Gasteiger partial charge in [0, 0.05) is 0 Å². The van der Waals surface area contributed by atoms with Gasteiger partial charge in [0.25, 0.3) is 0 Å². The SMILES string of the molecule is C=CC(CC=CCC)CCCCCCCCCCCCCCCCC. The molecule has 0 aromatic carbocycles. The minimum Gasteiger partial charge on any atom is -0.103 e. The third kappa shape index (κ3) is 19.7. The number of allylic oxidation sites excluding steroid dienone is 3. The lowest BCUT2D eigenvalue weighted by Crippen LogP contribution is -1.94. The van der Waals surface area contributed by atoms with E-state index < -0.39 is 0 Å². The Hall–Kier alpha value is -0.520. The van der Waals surface area contributed by atoms with Crippen molar-refractivity contribution in [3.05, 3.63) is 24.8 Å². The molecule has 1 atom stereocenters. The third-order valence-corrected chi connectivity index (χ3v) is 5.35. The molecule has 25 heavy (non-hydrogen) atoms. The molecule has 0 nitrogen and oxygen atoms in total. The van der Waals surface area contributed by atoms with Crippen molar-refractivity contribution in [2.75, 3.05) is 0 Å². The molecule has 0 saturated heterocycles. The Kier molecular flexibility index (Phi) is 21.1. The van der Waals surface area contributed by atoms with Gasteiger partial charge < -0.3 is 0 Å². The van der Waals surface area contributed by atoms with Crippen LogP contribution in [-0.2, 0) is 0 Å². The van der Waals surface area contributed by atoms with Gasteiger partial charge in [-0.1, -0.05) is 128 Å². The van der Waals surface area contributed by atoms with Gasteiger partial charge in [-0.3, -0.25) is 0 Å². The summed E-state index contributed by atoms with van der Waals surface area (Å²) in [6, 6.07) is 0. The van der Waals surface area contributed by atoms with Crippen molar-refractivity contribution in [2.24, 2.45) is 5.92 Å². The Bertz CT molecular complexity index is 276. The van der Waals surface area contributed by atoms with Crippen LogP contribution in [0.3, 0.4) is 0 Å². The van der Waals surface area contributed by atoms with Gasteiger partial charge in [0.1, 0.15) is 0 Å². The van der Waals surface area contributed by atoms with Crippen LogP contribution in [0.25, 0.3) is 0 Å². The molecule has 0 radical (unpaired) electrons. The molecule has 0 aromatic rings. The van der Waals surface area contributed by atoms with Crippen LogP contribution in [0.2, 0.25) is 0 Å². The van der Waals surface area contributed by atoms with E-state index in [2.05, 4.69) is 38.7 Å². The fraction of sp³-hybridized carbons (Fsp3) is 0.840. The Morgan fingerprint density at radius 3 is 1.44 bits per heavy atom. The van der Waals surface area contributed by atoms with E-state index in [4.69, 9.17) is 0 Å². The normalized spacial score (nSPS) is 12.7. The van der Waals surface area contributed by atoms with Gasteiger partial charge in [-0.2, -0.15) is 0 Å². The number of rotatable bonds is 20. The van der Waals surface area contributed by atoms with Crippen molar-refractivity contribution in [3.63, 3.8) is 0 Å². The zero-order chi connectivity index (χ0) is 18.4. The summed E-state index contributed by atoms with van der Waals surface area (Å²) in [5.41, 5.74) is 0. The summed E-state index contributed by atoms with van der Waals surface area (Å²) in [5.74, 6) is 0.699. The van der Waals surface area contributed by atoms with Gasteiger partial charge >= 0.3 is 0 Å². The first-order valence-corrected chi connectivity index (χ1v) is 11.6. The van der Waals surface area contributed by atoms with Crippen LogP contribution >= 0.6 is 0 Å². The number of hydrogen-bond acceptors (Lipinski definition) is 0. The van der Waals surface area contributed by atoms with Crippen LogP contribution in [0, 0.1) is 5.92 Å². The topological polar surface area (TPSA) is 0 Å². The summed E-state index contributed by atoms with van der Waals surface area (Å²) in [5, 5.41) is 0. The van der Waals surface area contributed by atoms with Crippen molar-refractivity contribution in [1.29, 1.82) is 0 Å². The van der Waals surface area contributed by atoms with Crippen molar-refractivity contribution in [1.82, 2.24) is 0 Å². The van der Waals surface area contributed by atoms with E-state index >= 15 is 0 Å². The molecule has 0 fully saturated rings. The molecule has 0 amide bonds. The lowest BCUT2D eigenvalue weighted by Gasteiger charge is -2.09. The van der Waals surface area contributed by atoms with Crippen LogP contribution in [0.15, 0.2) is 24.8 Å². The summed E-state index contributed by atoms with van der Waals surface area (Å²) in [4.78, 5) is 0.